The molecule has 0 unspecified atom stereocenters. The van der Waals surface area contributed by atoms with Crippen molar-refractivity contribution in [1.29, 1.82) is 0 Å². The Balaban J connectivity index is 1.79. The van der Waals surface area contributed by atoms with Gasteiger partial charge in [0.05, 0.1) is 0 Å². The van der Waals surface area contributed by atoms with E-state index in [1.165, 1.54) is 38.6 Å². The molecular weight excluding hydrogens is 278 g/mol. The van der Waals surface area contributed by atoms with Crippen LogP contribution in [0.3, 0.4) is 0 Å². The lowest BCUT2D eigenvalue weighted by Crippen LogP contribution is -1.84. The Morgan fingerprint density at radius 3 is 1.87 bits per heavy atom. The van der Waals surface area contributed by atoms with E-state index in [0.717, 1.165) is 0 Å². The molecule has 0 radical (unpaired) electrons. The first-order valence-corrected chi connectivity index (χ1v) is 7.81. The summed E-state index contributed by atoms with van der Waals surface area (Å²) >= 11 is 0. The second-order valence-electron chi connectivity index (χ2n) is 5.89. The molecule has 0 saturated heterocycles. The van der Waals surface area contributed by atoms with Crippen LogP contribution in [0.4, 0.5) is 0 Å². The number of pyridine rings is 1. The van der Waals surface area contributed by atoms with Crippen LogP contribution < -0.4 is 0 Å². The van der Waals surface area contributed by atoms with Gasteiger partial charge in [-0.3, -0.25) is 4.98 Å². The van der Waals surface area contributed by atoms with E-state index >= 15 is 0 Å². The summed E-state index contributed by atoms with van der Waals surface area (Å²) in [6.45, 7) is 2.07. The average molecular weight is 295 g/mol. The van der Waals surface area contributed by atoms with Crippen molar-refractivity contribution in [3.63, 3.8) is 0 Å². The molecular formula is C22H17N. The van der Waals surface area contributed by atoms with Crippen LogP contribution in [-0.2, 0) is 0 Å². The maximum absolute atomic E-state index is 4.29. The maximum Gasteiger partial charge on any atom is 0.0346 e. The third-order valence-corrected chi connectivity index (χ3v) is 4.16. The van der Waals surface area contributed by atoms with Gasteiger partial charge in [0.15, 0.2) is 0 Å². The molecule has 4 aromatic rings. The minimum Gasteiger partial charge on any atom is -0.264 e. The van der Waals surface area contributed by atoms with E-state index in [1.807, 2.05) is 18.5 Å². The highest BCUT2D eigenvalue weighted by Gasteiger charge is 2.03. The summed E-state index contributed by atoms with van der Waals surface area (Å²) < 4.78 is 0. The average Bonchev–Trinajstić information content (AvgIpc) is 2.61. The number of nitrogens with zero attached hydrogens (tertiary/aromatic N) is 1. The van der Waals surface area contributed by atoms with E-state index in [4.69, 9.17) is 0 Å². The van der Waals surface area contributed by atoms with Crippen LogP contribution in [0.2, 0.25) is 0 Å². The van der Waals surface area contributed by atoms with E-state index in [-0.39, 0.29) is 0 Å². The molecule has 0 fully saturated rings. The van der Waals surface area contributed by atoms with Crippen molar-refractivity contribution >= 4 is 10.8 Å². The molecule has 1 nitrogen and oxygen atoms in total. The van der Waals surface area contributed by atoms with Crippen LogP contribution in [0.1, 0.15) is 5.56 Å². The van der Waals surface area contributed by atoms with Crippen molar-refractivity contribution in [3.8, 4) is 22.3 Å². The van der Waals surface area contributed by atoms with E-state index in [2.05, 4.69) is 78.6 Å². The molecule has 1 aromatic heterocycles. The van der Waals surface area contributed by atoms with Crippen molar-refractivity contribution in [3.05, 3.63) is 90.8 Å². The van der Waals surface area contributed by atoms with Crippen LogP contribution in [-0.4, -0.2) is 4.98 Å². The van der Waals surface area contributed by atoms with Gasteiger partial charge in [-0.05, 0) is 58.1 Å². The summed E-state index contributed by atoms with van der Waals surface area (Å²) in [7, 11) is 0. The molecule has 4 rings (SSSR count). The van der Waals surface area contributed by atoms with Crippen LogP contribution in [0.5, 0.6) is 0 Å². The summed E-state index contributed by atoms with van der Waals surface area (Å²) in [6.07, 6.45) is 3.81. The van der Waals surface area contributed by atoms with Gasteiger partial charge >= 0.3 is 0 Å². The molecule has 0 aliphatic heterocycles. The Kier molecular flexibility index (Phi) is 3.39. The van der Waals surface area contributed by atoms with E-state index in [1.54, 1.807) is 0 Å². The lowest BCUT2D eigenvalue weighted by Gasteiger charge is -2.07. The van der Waals surface area contributed by atoms with E-state index in [9.17, 15) is 0 Å². The molecule has 0 N–H and O–H groups in total. The quantitative estimate of drug-likeness (QED) is 0.450. The zero-order chi connectivity index (χ0) is 15.6. The molecule has 0 aliphatic carbocycles. The van der Waals surface area contributed by atoms with Crippen LogP contribution >= 0.6 is 0 Å². The fraction of sp³-hybridized carbons (Fsp3) is 0.0455. The molecule has 23 heavy (non-hydrogen) atoms. The molecule has 110 valence electrons. The molecule has 0 amide bonds. The van der Waals surface area contributed by atoms with Gasteiger partial charge in [-0.1, -0.05) is 54.6 Å². The second-order valence-corrected chi connectivity index (χ2v) is 5.89. The fourth-order valence-corrected chi connectivity index (χ4v) is 2.95. The van der Waals surface area contributed by atoms with Crippen molar-refractivity contribution < 1.29 is 0 Å². The Labute approximate surface area is 136 Å². The molecule has 0 spiro atoms. The predicted molar refractivity (Wildman–Crippen MR) is 97.4 cm³/mol. The Hall–Kier alpha value is -2.93. The largest absolute Gasteiger partial charge is 0.264 e. The summed E-state index contributed by atoms with van der Waals surface area (Å²) in [5.74, 6) is 0. The highest BCUT2D eigenvalue weighted by Crippen LogP contribution is 2.28. The summed E-state index contributed by atoms with van der Waals surface area (Å²) in [4.78, 5) is 4.29. The summed E-state index contributed by atoms with van der Waals surface area (Å²) in [5, 5.41) is 2.51. The van der Waals surface area contributed by atoms with Crippen LogP contribution in [0, 0.1) is 6.92 Å². The number of hydrogen-bond acceptors (Lipinski definition) is 1. The van der Waals surface area contributed by atoms with Crippen molar-refractivity contribution in [2.24, 2.45) is 0 Å². The summed E-state index contributed by atoms with van der Waals surface area (Å²) in [6, 6.07) is 25.9. The first kappa shape index (κ1) is 13.7. The Bertz CT molecular complexity index is 971. The number of benzene rings is 3. The number of aromatic nitrogens is 1. The molecule has 3 aromatic carbocycles. The normalized spacial score (nSPS) is 10.8. The summed E-state index contributed by atoms with van der Waals surface area (Å²) in [5.41, 5.74) is 6.06. The molecule has 0 saturated carbocycles. The molecule has 1 heterocycles. The predicted octanol–water partition coefficient (Wildman–Crippen LogP) is 5.88. The molecule has 0 bridgehead atoms. The Morgan fingerprint density at radius 1 is 0.565 bits per heavy atom. The van der Waals surface area contributed by atoms with Gasteiger partial charge in [-0.25, -0.2) is 0 Å². The van der Waals surface area contributed by atoms with Crippen molar-refractivity contribution in [2.45, 2.75) is 6.92 Å². The molecule has 0 aliphatic rings. The van der Waals surface area contributed by atoms with Crippen LogP contribution in [0.25, 0.3) is 33.0 Å². The van der Waals surface area contributed by atoms with Gasteiger partial charge in [0, 0.05) is 18.0 Å². The third kappa shape index (κ3) is 2.74. The number of aryl methyl sites for hydroxylation is 1. The zero-order valence-corrected chi connectivity index (χ0v) is 13.0. The minimum atomic E-state index is 1.17. The van der Waals surface area contributed by atoms with E-state index < -0.39 is 0 Å². The van der Waals surface area contributed by atoms with Crippen molar-refractivity contribution in [2.75, 3.05) is 0 Å². The van der Waals surface area contributed by atoms with Gasteiger partial charge in [-0.2, -0.15) is 0 Å². The first-order valence-electron chi connectivity index (χ1n) is 7.81. The second kappa shape index (κ2) is 5.69. The van der Waals surface area contributed by atoms with E-state index in [0.29, 0.717) is 0 Å². The number of fused-ring (bicyclic) bond motifs is 1. The topological polar surface area (TPSA) is 12.9 Å². The first-order chi connectivity index (χ1) is 11.3. The van der Waals surface area contributed by atoms with Gasteiger partial charge in [0.1, 0.15) is 0 Å². The molecule has 1 heteroatoms. The van der Waals surface area contributed by atoms with Gasteiger partial charge in [0.2, 0.25) is 0 Å². The monoisotopic (exact) mass is 295 g/mol. The molecule has 0 atom stereocenters. The van der Waals surface area contributed by atoms with Crippen LogP contribution in [0.15, 0.2) is 85.2 Å². The Morgan fingerprint density at radius 2 is 1.22 bits per heavy atom. The highest BCUT2D eigenvalue weighted by molar-refractivity contribution is 5.90. The smallest absolute Gasteiger partial charge is 0.0346 e. The number of hydrogen-bond donors (Lipinski definition) is 0. The van der Waals surface area contributed by atoms with Gasteiger partial charge < -0.3 is 0 Å². The maximum atomic E-state index is 4.29. The SMILES string of the molecule is Cc1cncc(-c2ccc3cc(-c4ccccc4)ccc3c2)c1. The fourth-order valence-electron chi connectivity index (χ4n) is 2.95. The van der Waals surface area contributed by atoms with Gasteiger partial charge in [-0.15, -0.1) is 0 Å². The number of rotatable bonds is 2. The standard InChI is InChI=1S/C22H17N/c1-16-11-22(15-23-14-16)21-10-9-19-12-18(7-8-20(19)13-21)17-5-3-2-4-6-17/h2-15H,1H3. The lowest BCUT2D eigenvalue weighted by atomic mass is 9.98. The van der Waals surface area contributed by atoms with Crippen molar-refractivity contribution in [1.82, 2.24) is 4.98 Å². The minimum absolute atomic E-state index is 1.17. The third-order valence-electron chi connectivity index (χ3n) is 4.16. The lowest BCUT2D eigenvalue weighted by molar-refractivity contribution is 1.27. The highest BCUT2D eigenvalue weighted by atomic mass is 14.6. The van der Waals surface area contributed by atoms with Gasteiger partial charge in [0.25, 0.3) is 0 Å². The zero-order valence-electron chi connectivity index (χ0n) is 13.0.